The minimum atomic E-state index is -0.225. The van der Waals surface area contributed by atoms with Crippen molar-refractivity contribution in [2.75, 3.05) is 19.9 Å². The minimum Gasteiger partial charge on any atom is -0.371 e. The molecular formula is C3H9NO2. The molecule has 0 aromatic rings. The zero-order valence-electron chi connectivity index (χ0n) is 3.55. The number of nitrogens with two attached hydrogens (primary N) is 1. The zero-order chi connectivity index (χ0) is 4.83. The van der Waals surface area contributed by atoms with Crippen LogP contribution < -0.4 is 5.73 Å². The van der Waals surface area contributed by atoms with Crippen LogP contribution in [-0.2, 0) is 4.74 Å². The molecule has 0 aliphatic rings. The number of ether oxygens (including phenoxy) is 1. The van der Waals surface area contributed by atoms with E-state index >= 15 is 0 Å². The number of aliphatic hydroxyl groups excluding tert-OH is 1. The normalized spacial score (nSPS) is 9.00. The van der Waals surface area contributed by atoms with Crippen LogP contribution in [-0.4, -0.2) is 25.1 Å². The Morgan fingerprint density at radius 1 is 1.67 bits per heavy atom. The smallest absolute Gasteiger partial charge is 0.143 e. The Morgan fingerprint density at radius 3 is 2.50 bits per heavy atom. The molecule has 3 N–H and O–H groups in total. The van der Waals surface area contributed by atoms with Gasteiger partial charge >= 0.3 is 0 Å². The molecule has 0 spiro atoms. The minimum absolute atomic E-state index is 0.225. The summed E-state index contributed by atoms with van der Waals surface area (Å²) in [6.07, 6.45) is 0. The topological polar surface area (TPSA) is 55.5 Å². The van der Waals surface area contributed by atoms with Crippen molar-refractivity contribution in [2.24, 2.45) is 5.73 Å². The van der Waals surface area contributed by atoms with Gasteiger partial charge in [-0.15, -0.1) is 0 Å². The van der Waals surface area contributed by atoms with Crippen LogP contribution in [0, 0.1) is 0 Å². The van der Waals surface area contributed by atoms with Crippen LogP contribution in [0.5, 0.6) is 0 Å². The van der Waals surface area contributed by atoms with Crippen LogP contribution >= 0.6 is 0 Å². The highest BCUT2D eigenvalue weighted by atomic mass is 16.6. The Kier molecular flexibility index (Phi) is 4.78. The fourth-order valence-electron chi connectivity index (χ4n) is 0.148. The molecule has 0 amide bonds. The third-order valence-corrected chi connectivity index (χ3v) is 0.353. The molecule has 38 valence electrons. The van der Waals surface area contributed by atoms with Gasteiger partial charge in [0, 0.05) is 6.54 Å². The van der Waals surface area contributed by atoms with Crippen molar-refractivity contribution in [3.05, 3.63) is 0 Å². The Balaban J connectivity index is 2.34. The molecule has 0 bridgehead atoms. The van der Waals surface area contributed by atoms with Crippen LogP contribution in [0.1, 0.15) is 0 Å². The largest absolute Gasteiger partial charge is 0.371 e. The predicted molar refractivity (Wildman–Crippen MR) is 22.1 cm³/mol. The molecule has 0 aliphatic carbocycles. The van der Waals surface area contributed by atoms with Crippen molar-refractivity contribution < 1.29 is 9.84 Å². The lowest BCUT2D eigenvalue weighted by Gasteiger charge is -1.91. The fraction of sp³-hybridized carbons (Fsp3) is 1.00. The average molecular weight is 91.1 g/mol. The second-order valence-electron chi connectivity index (χ2n) is 0.826. The van der Waals surface area contributed by atoms with Gasteiger partial charge in [0.1, 0.15) is 6.79 Å². The van der Waals surface area contributed by atoms with Gasteiger partial charge in [0.15, 0.2) is 0 Å². The molecule has 3 nitrogen and oxygen atoms in total. The Hall–Kier alpha value is -0.120. The monoisotopic (exact) mass is 91.1 g/mol. The molecule has 0 heterocycles. The highest BCUT2D eigenvalue weighted by Crippen LogP contribution is 1.61. The Bertz CT molecular complexity index is 20.8. The predicted octanol–water partition coefficient (Wildman–Crippen LogP) is -1.09. The van der Waals surface area contributed by atoms with Gasteiger partial charge in [-0.1, -0.05) is 0 Å². The quantitative estimate of drug-likeness (QED) is 0.343. The van der Waals surface area contributed by atoms with Gasteiger partial charge in [0.2, 0.25) is 0 Å². The van der Waals surface area contributed by atoms with Crippen molar-refractivity contribution in [3.8, 4) is 0 Å². The second kappa shape index (κ2) is 4.88. The highest BCUT2D eigenvalue weighted by Gasteiger charge is 1.73. The first-order chi connectivity index (χ1) is 2.91. The molecule has 3 heteroatoms. The highest BCUT2D eigenvalue weighted by molar-refractivity contribution is 4.23. The van der Waals surface area contributed by atoms with Crippen LogP contribution in [0.25, 0.3) is 0 Å². The number of hydrogen-bond acceptors (Lipinski definition) is 3. The molecular weight excluding hydrogens is 82.0 g/mol. The number of hydrogen-bond donors (Lipinski definition) is 2. The maximum Gasteiger partial charge on any atom is 0.143 e. The molecule has 0 rings (SSSR count). The van der Waals surface area contributed by atoms with Crippen molar-refractivity contribution >= 4 is 0 Å². The standard InChI is InChI=1S/C3H9NO2/c4-1-2-6-3-5/h5H,1-4H2. The lowest BCUT2D eigenvalue weighted by Crippen LogP contribution is -2.08. The van der Waals surface area contributed by atoms with Gasteiger partial charge in [-0.3, -0.25) is 0 Å². The van der Waals surface area contributed by atoms with E-state index in [1.165, 1.54) is 0 Å². The number of rotatable bonds is 3. The molecule has 0 unspecified atom stereocenters. The summed E-state index contributed by atoms with van der Waals surface area (Å²) < 4.78 is 4.41. The summed E-state index contributed by atoms with van der Waals surface area (Å²) >= 11 is 0. The second-order valence-corrected chi connectivity index (χ2v) is 0.826. The summed E-state index contributed by atoms with van der Waals surface area (Å²) in [5.41, 5.74) is 4.98. The first-order valence-corrected chi connectivity index (χ1v) is 1.80. The van der Waals surface area contributed by atoms with Crippen molar-refractivity contribution in [2.45, 2.75) is 0 Å². The molecule has 0 radical (unpaired) electrons. The van der Waals surface area contributed by atoms with E-state index in [0.717, 1.165) is 0 Å². The van der Waals surface area contributed by atoms with E-state index in [-0.39, 0.29) is 6.79 Å². The van der Waals surface area contributed by atoms with E-state index in [0.29, 0.717) is 13.2 Å². The molecule has 6 heavy (non-hydrogen) atoms. The summed E-state index contributed by atoms with van der Waals surface area (Å²) in [5.74, 6) is 0. The summed E-state index contributed by atoms with van der Waals surface area (Å²) in [6, 6.07) is 0. The van der Waals surface area contributed by atoms with E-state index in [2.05, 4.69) is 4.74 Å². The summed E-state index contributed by atoms with van der Waals surface area (Å²) in [6.45, 7) is 0.689. The third-order valence-electron chi connectivity index (χ3n) is 0.353. The summed E-state index contributed by atoms with van der Waals surface area (Å²) in [4.78, 5) is 0. The van der Waals surface area contributed by atoms with Gasteiger partial charge in [-0.25, -0.2) is 0 Å². The molecule has 0 aliphatic heterocycles. The van der Waals surface area contributed by atoms with Crippen LogP contribution in [0.3, 0.4) is 0 Å². The lowest BCUT2D eigenvalue weighted by atomic mass is 10.7. The SMILES string of the molecule is NCCOCO. The summed E-state index contributed by atoms with van der Waals surface area (Å²) in [5, 5.41) is 7.92. The van der Waals surface area contributed by atoms with Crippen LogP contribution in [0.15, 0.2) is 0 Å². The van der Waals surface area contributed by atoms with Gasteiger partial charge in [0.05, 0.1) is 6.61 Å². The first kappa shape index (κ1) is 5.88. The van der Waals surface area contributed by atoms with E-state index in [9.17, 15) is 0 Å². The van der Waals surface area contributed by atoms with E-state index in [4.69, 9.17) is 10.8 Å². The molecule has 0 saturated carbocycles. The first-order valence-electron chi connectivity index (χ1n) is 1.80. The van der Waals surface area contributed by atoms with E-state index in [1.807, 2.05) is 0 Å². The lowest BCUT2D eigenvalue weighted by molar-refractivity contribution is 0.00266. The Labute approximate surface area is 36.7 Å². The molecule has 0 atom stereocenters. The summed E-state index contributed by atoms with van der Waals surface area (Å²) in [7, 11) is 0. The van der Waals surface area contributed by atoms with Crippen molar-refractivity contribution in [1.29, 1.82) is 0 Å². The van der Waals surface area contributed by atoms with E-state index < -0.39 is 0 Å². The van der Waals surface area contributed by atoms with Crippen LogP contribution in [0.2, 0.25) is 0 Å². The third kappa shape index (κ3) is 3.88. The fourth-order valence-corrected chi connectivity index (χ4v) is 0.148. The van der Waals surface area contributed by atoms with Gasteiger partial charge in [-0.2, -0.15) is 0 Å². The zero-order valence-corrected chi connectivity index (χ0v) is 3.55. The average Bonchev–Trinajstić information content (AvgIpc) is 1.61. The molecule has 0 fully saturated rings. The van der Waals surface area contributed by atoms with Crippen LogP contribution in [0.4, 0.5) is 0 Å². The van der Waals surface area contributed by atoms with Crippen molar-refractivity contribution in [1.82, 2.24) is 0 Å². The molecule has 0 aromatic heterocycles. The van der Waals surface area contributed by atoms with Gasteiger partial charge < -0.3 is 15.6 Å². The maximum absolute atomic E-state index is 7.92. The maximum atomic E-state index is 7.92. The van der Waals surface area contributed by atoms with Crippen molar-refractivity contribution in [3.63, 3.8) is 0 Å². The van der Waals surface area contributed by atoms with Gasteiger partial charge in [0.25, 0.3) is 0 Å². The number of aliphatic hydroxyl groups is 1. The molecule has 0 saturated heterocycles. The van der Waals surface area contributed by atoms with E-state index in [1.54, 1.807) is 0 Å². The molecule has 0 aromatic carbocycles. The van der Waals surface area contributed by atoms with Gasteiger partial charge in [-0.05, 0) is 0 Å². The Morgan fingerprint density at radius 2 is 2.33 bits per heavy atom.